The summed E-state index contributed by atoms with van der Waals surface area (Å²) < 4.78 is 1.82. The van der Waals surface area contributed by atoms with Crippen LogP contribution in [0.25, 0.3) is 0 Å². The van der Waals surface area contributed by atoms with E-state index in [1.807, 2.05) is 37.6 Å². The summed E-state index contributed by atoms with van der Waals surface area (Å²) in [6, 6.07) is 3.97. The van der Waals surface area contributed by atoms with Gasteiger partial charge in [0.1, 0.15) is 0 Å². The first-order chi connectivity index (χ1) is 7.56. The Balaban J connectivity index is 2.57. The van der Waals surface area contributed by atoms with Crippen molar-refractivity contribution in [2.24, 2.45) is 11.7 Å². The van der Waals surface area contributed by atoms with Crippen LogP contribution in [0.1, 0.15) is 31.2 Å². The first kappa shape index (κ1) is 12.8. The minimum Gasteiger partial charge on any atom is -0.330 e. The second-order valence-corrected chi connectivity index (χ2v) is 4.26. The molecule has 4 nitrogen and oxygen atoms in total. The quantitative estimate of drug-likeness (QED) is 0.795. The number of nitrogens with one attached hydrogen (secondary N) is 1. The number of carbonyl (C=O) groups excluding carboxylic acids is 1. The Morgan fingerprint density at radius 2 is 2.00 bits per heavy atom. The number of carbonyl (C=O) groups is 1. The smallest absolute Gasteiger partial charge is 0.241 e. The lowest BCUT2D eigenvalue weighted by atomic mass is 10.1. The molecule has 0 saturated carbocycles. The van der Waals surface area contributed by atoms with E-state index in [1.165, 1.54) is 0 Å². The number of nitrogens with zero attached hydrogens (tertiary/aromatic N) is 1. The van der Waals surface area contributed by atoms with Gasteiger partial charge >= 0.3 is 0 Å². The van der Waals surface area contributed by atoms with E-state index in [0.29, 0.717) is 6.54 Å². The molecule has 4 heteroatoms. The molecule has 1 heterocycles. The molecule has 0 fully saturated rings. The highest BCUT2D eigenvalue weighted by Crippen LogP contribution is 2.08. The van der Waals surface area contributed by atoms with Crippen molar-refractivity contribution in [3.05, 3.63) is 23.5 Å². The normalized spacial score (nSPS) is 12.5. The number of amides is 1. The van der Waals surface area contributed by atoms with Gasteiger partial charge in [-0.3, -0.25) is 14.9 Å². The molecule has 90 valence electrons. The molecule has 0 bridgehead atoms. The number of rotatable bonds is 5. The van der Waals surface area contributed by atoms with E-state index in [0.717, 1.165) is 24.2 Å². The van der Waals surface area contributed by atoms with E-state index in [1.54, 1.807) is 0 Å². The van der Waals surface area contributed by atoms with Crippen LogP contribution in [0, 0.1) is 19.8 Å². The fourth-order valence-corrected chi connectivity index (χ4v) is 1.62. The van der Waals surface area contributed by atoms with E-state index in [9.17, 15) is 4.79 Å². The minimum atomic E-state index is 0.00440. The van der Waals surface area contributed by atoms with E-state index < -0.39 is 0 Å². The van der Waals surface area contributed by atoms with Crippen molar-refractivity contribution in [3.8, 4) is 0 Å². The van der Waals surface area contributed by atoms with Crippen LogP contribution in [0.4, 0.5) is 0 Å². The predicted octanol–water partition coefficient (Wildman–Crippen LogP) is 1.55. The number of hydrogen-bond donors (Lipinski definition) is 2. The Kier molecular flexibility index (Phi) is 4.55. The molecule has 0 spiro atoms. The van der Waals surface area contributed by atoms with Crippen LogP contribution in [0.2, 0.25) is 0 Å². The molecular weight excluding hydrogens is 202 g/mol. The number of nitrogens with two attached hydrogens (primary N) is 1. The van der Waals surface area contributed by atoms with Gasteiger partial charge in [0.05, 0.1) is 0 Å². The van der Waals surface area contributed by atoms with Crippen LogP contribution in [0.15, 0.2) is 12.1 Å². The zero-order valence-electron chi connectivity index (χ0n) is 10.3. The molecular formula is C12H21N3O. The zero-order valence-corrected chi connectivity index (χ0v) is 10.3. The Hall–Kier alpha value is -1.29. The van der Waals surface area contributed by atoms with Crippen molar-refractivity contribution in [2.75, 3.05) is 12.0 Å². The summed E-state index contributed by atoms with van der Waals surface area (Å²) >= 11 is 0. The molecule has 0 radical (unpaired) electrons. The third-order valence-corrected chi connectivity index (χ3v) is 2.78. The second-order valence-electron chi connectivity index (χ2n) is 4.26. The van der Waals surface area contributed by atoms with Crippen LogP contribution in [0.3, 0.4) is 0 Å². The van der Waals surface area contributed by atoms with Crippen molar-refractivity contribution in [1.82, 2.24) is 4.68 Å². The largest absolute Gasteiger partial charge is 0.330 e. The molecule has 1 rings (SSSR count). The van der Waals surface area contributed by atoms with Gasteiger partial charge in [0, 0.05) is 17.3 Å². The third-order valence-electron chi connectivity index (χ3n) is 2.78. The molecule has 0 aliphatic rings. The summed E-state index contributed by atoms with van der Waals surface area (Å²) in [4.78, 5) is 11.8. The average molecular weight is 223 g/mol. The maximum atomic E-state index is 11.8. The molecule has 16 heavy (non-hydrogen) atoms. The lowest BCUT2D eigenvalue weighted by Crippen LogP contribution is -2.29. The van der Waals surface area contributed by atoms with Crippen molar-refractivity contribution in [2.45, 2.75) is 33.6 Å². The van der Waals surface area contributed by atoms with E-state index >= 15 is 0 Å². The highest BCUT2D eigenvalue weighted by Gasteiger charge is 2.13. The van der Waals surface area contributed by atoms with Crippen molar-refractivity contribution in [1.29, 1.82) is 0 Å². The Morgan fingerprint density at radius 3 is 2.50 bits per heavy atom. The van der Waals surface area contributed by atoms with Gasteiger partial charge in [-0.05, 0) is 45.4 Å². The monoisotopic (exact) mass is 223 g/mol. The molecule has 0 aromatic carbocycles. The maximum Gasteiger partial charge on any atom is 0.241 e. The van der Waals surface area contributed by atoms with Gasteiger partial charge in [0.2, 0.25) is 5.91 Å². The van der Waals surface area contributed by atoms with Crippen LogP contribution in [-0.2, 0) is 4.79 Å². The van der Waals surface area contributed by atoms with E-state index in [-0.39, 0.29) is 11.8 Å². The molecule has 1 unspecified atom stereocenters. The minimum absolute atomic E-state index is 0.00440. The lowest BCUT2D eigenvalue weighted by Gasteiger charge is -2.15. The van der Waals surface area contributed by atoms with Crippen LogP contribution >= 0.6 is 0 Å². The highest BCUT2D eigenvalue weighted by molar-refractivity contribution is 5.85. The number of aromatic nitrogens is 1. The number of aryl methyl sites for hydroxylation is 2. The summed E-state index contributed by atoms with van der Waals surface area (Å²) in [5.74, 6) is 0.0561. The van der Waals surface area contributed by atoms with Gasteiger partial charge in [-0.15, -0.1) is 0 Å². The number of hydrogen-bond acceptors (Lipinski definition) is 2. The van der Waals surface area contributed by atoms with Gasteiger partial charge in [-0.25, -0.2) is 0 Å². The first-order valence-electron chi connectivity index (χ1n) is 5.72. The van der Waals surface area contributed by atoms with Crippen molar-refractivity contribution < 1.29 is 4.79 Å². The zero-order chi connectivity index (χ0) is 12.1. The van der Waals surface area contributed by atoms with Crippen LogP contribution < -0.4 is 11.2 Å². The fraction of sp³-hybridized carbons (Fsp3) is 0.583. The lowest BCUT2D eigenvalue weighted by molar-refractivity contribution is -0.120. The maximum absolute atomic E-state index is 11.8. The van der Waals surface area contributed by atoms with Crippen LogP contribution in [-0.4, -0.2) is 17.1 Å². The molecule has 0 aliphatic heterocycles. The van der Waals surface area contributed by atoms with Crippen LogP contribution in [0.5, 0.6) is 0 Å². The Bertz CT molecular complexity index is 338. The van der Waals surface area contributed by atoms with Crippen molar-refractivity contribution >= 4 is 5.91 Å². The summed E-state index contributed by atoms with van der Waals surface area (Å²) in [6.45, 7) is 6.51. The summed E-state index contributed by atoms with van der Waals surface area (Å²) in [5.41, 5.74) is 10.4. The Labute approximate surface area is 96.8 Å². The average Bonchev–Trinajstić information content (AvgIpc) is 2.57. The first-order valence-corrected chi connectivity index (χ1v) is 5.72. The standard InChI is InChI=1S/C12H21N3O/c1-9(5-4-8-13)12(16)14-15-10(2)6-7-11(15)3/h6-7,9H,4-5,8,13H2,1-3H3,(H,14,16). The molecule has 1 aromatic rings. The molecule has 0 saturated heterocycles. The molecule has 1 atom stereocenters. The van der Waals surface area contributed by atoms with Gasteiger partial charge in [0.15, 0.2) is 0 Å². The third kappa shape index (κ3) is 3.10. The Morgan fingerprint density at radius 1 is 1.44 bits per heavy atom. The van der Waals surface area contributed by atoms with Gasteiger partial charge in [-0.2, -0.15) is 0 Å². The highest BCUT2D eigenvalue weighted by atomic mass is 16.2. The van der Waals surface area contributed by atoms with E-state index in [4.69, 9.17) is 5.73 Å². The molecule has 0 aliphatic carbocycles. The van der Waals surface area contributed by atoms with Crippen molar-refractivity contribution in [3.63, 3.8) is 0 Å². The summed E-state index contributed by atoms with van der Waals surface area (Å²) in [5, 5.41) is 0. The topological polar surface area (TPSA) is 60.0 Å². The summed E-state index contributed by atoms with van der Waals surface area (Å²) in [6.07, 6.45) is 1.72. The molecule has 3 N–H and O–H groups in total. The molecule has 1 aromatic heterocycles. The predicted molar refractivity (Wildman–Crippen MR) is 65.7 cm³/mol. The molecule has 1 amide bonds. The van der Waals surface area contributed by atoms with Gasteiger partial charge in [-0.1, -0.05) is 6.92 Å². The van der Waals surface area contributed by atoms with Gasteiger partial charge in [0.25, 0.3) is 0 Å². The fourth-order valence-electron chi connectivity index (χ4n) is 1.62. The van der Waals surface area contributed by atoms with E-state index in [2.05, 4.69) is 5.43 Å². The summed E-state index contributed by atoms with van der Waals surface area (Å²) in [7, 11) is 0. The van der Waals surface area contributed by atoms with Gasteiger partial charge < -0.3 is 5.73 Å². The SMILES string of the molecule is Cc1ccc(C)n1NC(=O)C(C)CCCN. The second kappa shape index (κ2) is 5.70.